The number of rotatable bonds is 8. The number of alkyl halides is 7. The minimum Gasteiger partial charge on any atom is -0.439 e. The normalized spacial score (nSPS) is 23.5. The maximum absolute atomic E-state index is 14.7. The van der Waals surface area contributed by atoms with Crippen LogP contribution in [0.1, 0.15) is 66.5 Å². The first-order valence-corrected chi connectivity index (χ1v) is 15.0. The molecule has 1 aromatic carbocycles. The molecule has 0 radical (unpaired) electrons. The molecule has 3 heterocycles. The van der Waals surface area contributed by atoms with Crippen LogP contribution in [0.15, 0.2) is 28.7 Å². The van der Waals surface area contributed by atoms with Crippen LogP contribution in [0.4, 0.5) is 30.7 Å². The number of nitrogens with zero attached hydrogens (tertiary/aromatic N) is 3. The highest BCUT2D eigenvalue weighted by Gasteiger charge is 2.63. The van der Waals surface area contributed by atoms with Crippen molar-refractivity contribution in [2.75, 3.05) is 39.5 Å². The molecule has 46 heavy (non-hydrogen) atoms. The lowest BCUT2D eigenvalue weighted by Crippen LogP contribution is -2.40. The lowest BCUT2D eigenvalue weighted by molar-refractivity contribution is -0.297. The van der Waals surface area contributed by atoms with Gasteiger partial charge in [-0.25, -0.2) is 13.8 Å². The Labute approximate surface area is 259 Å². The van der Waals surface area contributed by atoms with E-state index in [0.717, 1.165) is 0 Å². The third kappa shape index (κ3) is 7.07. The van der Waals surface area contributed by atoms with Crippen molar-refractivity contribution in [2.45, 2.75) is 62.5 Å². The molecule has 0 spiro atoms. The molecule has 0 N–H and O–H groups in total. The highest BCUT2D eigenvalue weighted by Crippen LogP contribution is 2.51. The van der Waals surface area contributed by atoms with Gasteiger partial charge in [0.05, 0.1) is 25.2 Å². The smallest absolute Gasteiger partial charge is 0.439 e. The molecule has 1 saturated carbocycles. The van der Waals surface area contributed by atoms with Gasteiger partial charge in [-0.1, -0.05) is 12.1 Å². The van der Waals surface area contributed by atoms with Crippen molar-refractivity contribution in [1.29, 1.82) is 5.26 Å². The second-order valence-electron chi connectivity index (χ2n) is 12.0. The molecule has 250 valence electrons. The van der Waals surface area contributed by atoms with E-state index in [1.54, 1.807) is 0 Å². The van der Waals surface area contributed by atoms with E-state index >= 15 is 0 Å². The predicted octanol–water partition coefficient (Wildman–Crippen LogP) is 6.51. The van der Waals surface area contributed by atoms with Crippen LogP contribution < -0.4 is 0 Å². The van der Waals surface area contributed by atoms with Crippen LogP contribution in [0.25, 0.3) is 11.3 Å². The summed E-state index contributed by atoms with van der Waals surface area (Å²) in [4.78, 5) is 31.6. The van der Waals surface area contributed by atoms with Gasteiger partial charge in [-0.2, -0.15) is 27.2 Å². The summed E-state index contributed by atoms with van der Waals surface area (Å²) in [6.07, 6.45) is -7.75. The summed E-state index contributed by atoms with van der Waals surface area (Å²) in [6.45, 7) is 2.10. The summed E-state index contributed by atoms with van der Waals surface area (Å²) in [5.41, 5.74) is -0.279. The largest absolute Gasteiger partial charge is 0.463 e. The van der Waals surface area contributed by atoms with Gasteiger partial charge < -0.3 is 18.8 Å². The van der Waals surface area contributed by atoms with E-state index in [4.69, 9.17) is 13.9 Å². The molecule has 3 aliphatic rings. The van der Waals surface area contributed by atoms with E-state index in [1.807, 2.05) is 0 Å². The van der Waals surface area contributed by atoms with Crippen molar-refractivity contribution in [3.05, 3.63) is 41.5 Å². The summed E-state index contributed by atoms with van der Waals surface area (Å²) in [7, 11) is 0. The van der Waals surface area contributed by atoms with Crippen LogP contribution in [-0.4, -0.2) is 73.2 Å². The first-order valence-electron chi connectivity index (χ1n) is 15.0. The van der Waals surface area contributed by atoms with Crippen LogP contribution in [0.5, 0.6) is 0 Å². The maximum atomic E-state index is 14.7. The number of oxazole rings is 1. The molecule has 3 fully saturated rings. The summed E-state index contributed by atoms with van der Waals surface area (Å²) in [5, 5.41) is 9.77. The molecule has 8 nitrogen and oxygen atoms in total. The number of benzene rings is 1. The van der Waals surface area contributed by atoms with Crippen LogP contribution in [0.2, 0.25) is 0 Å². The zero-order valence-corrected chi connectivity index (χ0v) is 24.6. The fourth-order valence-corrected chi connectivity index (χ4v) is 6.36. The Hall–Kier alpha value is -3.51. The van der Waals surface area contributed by atoms with E-state index in [9.17, 15) is 45.6 Å². The van der Waals surface area contributed by atoms with Gasteiger partial charge in [-0.15, -0.1) is 0 Å². The fourth-order valence-electron chi connectivity index (χ4n) is 6.36. The summed E-state index contributed by atoms with van der Waals surface area (Å²) >= 11 is 0. The number of aromatic nitrogens is 1. The van der Waals surface area contributed by atoms with E-state index in [2.05, 4.69) is 11.1 Å². The van der Waals surface area contributed by atoms with Gasteiger partial charge in [0, 0.05) is 68.5 Å². The van der Waals surface area contributed by atoms with Gasteiger partial charge in [0.15, 0.2) is 0 Å². The average molecular weight is 660 g/mol. The molecule has 3 atom stereocenters. The molecular weight excluding hydrogens is 627 g/mol. The van der Waals surface area contributed by atoms with Gasteiger partial charge >= 0.3 is 12.1 Å². The molecule has 5 rings (SSSR count). The predicted molar refractivity (Wildman–Crippen MR) is 146 cm³/mol. The van der Waals surface area contributed by atoms with E-state index in [-0.39, 0.29) is 23.0 Å². The van der Waals surface area contributed by atoms with E-state index in [0.29, 0.717) is 52.4 Å². The van der Waals surface area contributed by atoms with Gasteiger partial charge in [0.1, 0.15) is 17.2 Å². The zero-order chi connectivity index (χ0) is 33.3. The molecule has 15 heteroatoms. The molecule has 2 aromatic rings. The molecule has 1 aliphatic carbocycles. The van der Waals surface area contributed by atoms with Crippen molar-refractivity contribution in [1.82, 2.24) is 9.88 Å². The van der Waals surface area contributed by atoms with Gasteiger partial charge in [0.25, 0.3) is 11.8 Å². The van der Waals surface area contributed by atoms with Crippen molar-refractivity contribution >= 4 is 11.7 Å². The average Bonchev–Trinajstić information content (AvgIpc) is 3.49. The molecule has 2 aliphatic heterocycles. The summed E-state index contributed by atoms with van der Waals surface area (Å²) in [6, 6.07) is 7.33. The van der Waals surface area contributed by atoms with Crippen LogP contribution in [0.3, 0.4) is 0 Å². The van der Waals surface area contributed by atoms with Crippen molar-refractivity contribution in [3.63, 3.8) is 0 Å². The number of hydrogen-bond acceptors (Lipinski definition) is 7. The van der Waals surface area contributed by atoms with Crippen LogP contribution >= 0.6 is 0 Å². The number of Topliss-reactive ketones (excluding diaryl/α,β-unsaturated/α-hetero) is 1. The van der Waals surface area contributed by atoms with Crippen LogP contribution in [-0.2, 0) is 20.2 Å². The number of carbonyl (C=O) groups excluding carboxylic acids is 2. The molecule has 0 bridgehead atoms. The van der Waals surface area contributed by atoms with Crippen molar-refractivity contribution in [3.8, 4) is 17.3 Å². The number of halogens is 7. The highest BCUT2D eigenvalue weighted by molar-refractivity contribution is 5.94. The number of ketones is 1. The Balaban J connectivity index is 1.51. The topological polar surface area (TPSA) is 106 Å². The lowest BCUT2D eigenvalue weighted by atomic mass is 9.71. The molecular formula is C31H32F7N3O5. The maximum Gasteiger partial charge on any atom is 0.463 e. The molecule has 1 aromatic heterocycles. The Kier molecular flexibility index (Phi) is 9.79. The number of carbonyl (C=O) groups is 2. The Morgan fingerprint density at radius 3 is 2.24 bits per heavy atom. The lowest BCUT2D eigenvalue weighted by Gasteiger charge is -2.35. The highest BCUT2D eigenvalue weighted by atomic mass is 19.4. The number of hydrogen-bond donors (Lipinski definition) is 0. The second kappa shape index (κ2) is 13.3. The monoisotopic (exact) mass is 659 g/mol. The van der Waals surface area contributed by atoms with Crippen LogP contribution in [0, 0.1) is 29.1 Å². The molecule has 1 unspecified atom stereocenters. The minimum absolute atomic E-state index is 0.0119. The number of nitriles is 1. The first-order chi connectivity index (χ1) is 21.7. The van der Waals surface area contributed by atoms with E-state index in [1.165, 1.54) is 29.2 Å². The quantitative estimate of drug-likeness (QED) is 0.298. The SMILES string of the molecule is N#CC(CC(=O)[C@@H]1CC(F)(F)CC[C@H]1c1oc(C(F)(F)C(F)(F)F)nc1-c1ccc(C(=O)N2CCOCC2)cc1)C1CCOCC1. The summed E-state index contributed by atoms with van der Waals surface area (Å²) < 4.78 is 114. The Bertz CT molecular complexity index is 1440. The Morgan fingerprint density at radius 2 is 1.63 bits per heavy atom. The summed E-state index contributed by atoms with van der Waals surface area (Å²) in [5.74, 6) is -16.4. The first kappa shape index (κ1) is 33.8. The van der Waals surface area contributed by atoms with E-state index < -0.39 is 84.6 Å². The molecule has 2 saturated heterocycles. The number of morpholine rings is 1. The van der Waals surface area contributed by atoms with Crippen molar-refractivity contribution in [2.24, 2.45) is 17.8 Å². The zero-order valence-electron chi connectivity index (χ0n) is 24.6. The number of ether oxygens (including phenoxy) is 2. The minimum atomic E-state index is -6.08. The third-order valence-corrected chi connectivity index (χ3v) is 8.98. The molecule has 1 amide bonds. The fraction of sp³-hybridized carbons (Fsp3) is 0.613. The number of amides is 1. The van der Waals surface area contributed by atoms with Gasteiger partial charge in [-0.05, 0) is 37.3 Å². The van der Waals surface area contributed by atoms with Crippen molar-refractivity contribution < 1.29 is 54.2 Å². The van der Waals surface area contributed by atoms with Gasteiger partial charge in [-0.3, -0.25) is 9.59 Å². The Morgan fingerprint density at radius 1 is 1.00 bits per heavy atom. The standard InChI is InChI=1S/C31H32F7N3O5/c32-29(33)8-5-22(23(16-29)24(42)15-21(17-39)18-6-11-44-12-7-18)26-25(40-28(46-26)30(34,35)31(36,37)38)19-1-3-20(4-2-19)27(43)41-9-13-45-14-10-41/h1-4,18,21-23H,5-16H2/t21?,22-,23-/m1/s1. The van der Waals surface area contributed by atoms with Gasteiger partial charge in [0.2, 0.25) is 5.92 Å². The second-order valence-corrected chi connectivity index (χ2v) is 12.0. The third-order valence-electron chi connectivity index (χ3n) is 8.98.